The molecule has 35 heavy (non-hydrogen) atoms. The van der Waals surface area contributed by atoms with Crippen LogP contribution in [-0.2, 0) is 0 Å². The lowest BCUT2D eigenvalue weighted by atomic mass is 9.92. The van der Waals surface area contributed by atoms with Crippen LogP contribution in [0.25, 0.3) is 11.2 Å². The monoisotopic (exact) mass is 468 g/mol. The molecule has 1 aromatic carbocycles. The molecular weight excluding hydrogens is 428 g/mol. The van der Waals surface area contributed by atoms with Crippen molar-refractivity contribution in [3.63, 3.8) is 0 Å². The number of hydrogen-bond donors (Lipinski definition) is 1. The zero-order chi connectivity index (χ0) is 24.3. The lowest BCUT2D eigenvalue weighted by molar-refractivity contribution is 0.397. The average Bonchev–Trinajstić information content (AvgIpc) is 3.34. The number of nitrogens with one attached hydrogen (secondary N) is 1. The van der Waals surface area contributed by atoms with Crippen molar-refractivity contribution in [1.29, 1.82) is 0 Å². The van der Waals surface area contributed by atoms with E-state index in [0.29, 0.717) is 0 Å². The predicted molar refractivity (Wildman–Crippen MR) is 150 cm³/mol. The average molecular weight is 469 g/mol. The maximum atomic E-state index is 4.61. The maximum Gasteiger partial charge on any atom is 0.160 e. The number of hydrogen-bond acceptors (Lipinski definition) is 3. The largest absolute Gasteiger partial charge is 0.382 e. The van der Waals surface area contributed by atoms with Crippen molar-refractivity contribution in [2.45, 2.75) is 70.6 Å². The number of aromatic nitrogens is 2. The Morgan fingerprint density at radius 3 is 2.51 bits per heavy atom. The van der Waals surface area contributed by atoms with E-state index in [1.165, 1.54) is 70.6 Å². The van der Waals surface area contributed by atoms with Gasteiger partial charge in [-0.15, -0.1) is 0 Å². The fraction of sp³-hybridized carbons (Fsp3) is 0.419. The van der Waals surface area contributed by atoms with Crippen molar-refractivity contribution < 1.29 is 0 Å². The van der Waals surface area contributed by atoms with Crippen molar-refractivity contribution in [1.82, 2.24) is 9.38 Å². The Kier molecular flexibility index (Phi) is 9.33. The highest BCUT2D eigenvalue weighted by Crippen LogP contribution is 2.29. The molecule has 4 nitrogen and oxygen atoms in total. The molecule has 0 amide bonds. The van der Waals surface area contributed by atoms with Gasteiger partial charge in [0.1, 0.15) is 0 Å². The summed E-state index contributed by atoms with van der Waals surface area (Å²) in [5, 5.41) is 3.73. The highest BCUT2D eigenvalue weighted by molar-refractivity contribution is 5.93. The van der Waals surface area contributed by atoms with Gasteiger partial charge in [-0.2, -0.15) is 0 Å². The number of pyridine rings is 1. The predicted octanol–water partition coefficient (Wildman–Crippen LogP) is 8.29. The quantitative estimate of drug-likeness (QED) is 0.338. The van der Waals surface area contributed by atoms with Crippen LogP contribution in [0.1, 0.15) is 87.3 Å². The highest BCUT2D eigenvalue weighted by Gasteiger charge is 2.13. The van der Waals surface area contributed by atoms with E-state index < -0.39 is 0 Å². The number of rotatable bonds is 8. The Labute approximate surface area is 210 Å². The molecule has 4 rings (SSSR count). The van der Waals surface area contributed by atoms with Gasteiger partial charge in [-0.3, -0.25) is 4.99 Å². The second-order valence-corrected chi connectivity index (χ2v) is 9.81. The van der Waals surface area contributed by atoms with Gasteiger partial charge in [-0.25, -0.2) is 4.98 Å². The molecule has 1 saturated carbocycles. The second-order valence-electron chi connectivity index (χ2n) is 9.81. The van der Waals surface area contributed by atoms with Gasteiger partial charge in [-0.1, -0.05) is 102 Å². The molecule has 0 spiro atoms. The summed E-state index contributed by atoms with van der Waals surface area (Å²) in [7, 11) is 0. The van der Waals surface area contributed by atoms with E-state index in [0.717, 1.165) is 46.1 Å². The van der Waals surface area contributed by atoms with Crippen LogP contribution >= 0.6 is 0 Å². The van der Waals surface area contributed by atoms with Crippen molar-refractivity contribution in [2.75, 3.05) is 11.9 Å². The van der Waals surface area contributed by atoms with Crippen LogP contribution in [0.4, 0.5) is 5.69 Å². The van der Waals surface area contributed by atoms with E-state index in [-0.39, 0.29) is 0 Å². The van der Waals surface area contributed by atoms with Gasteiger partial charge < -0.3 is 9.72 Å². The molecule has 0 radical (unpaired) electrons. The van der Waals surface area contributed by atoms with Crippen LogP contribution < -0.4 is 5.32 Å². The van der Waals surface area contributed by atoms with Crippen LogP contribution in [0, 0.1) is 5.92 Å². The summed E-state index contributed by atoms with van der Waals surface area (Å²) in [6, 6.07) is 10.4. The zero-order valence-electron chi connectivity index (χ0n) is 21.1. The SMILES string of the molecule is C=CN=Cc1ccccc1C(=C)c1cc(NCCC2CCCCCCCCCC2)c2nccn2c1. The Bertz CT molecular complexity index is 1130. The van der Waals surface area contributed by atoms with Gasteiger partial charge in [-0.05, 0) is 29.5 Å². The minimum absolute atomic E-state index is 0.825. The summed E-state index contributed by atoms with van der Waals surface area (Å²) < 4.78 is 2.09. The van der Waals surface area contributed by atoms with E-state index in [9.17, 15) is 0 Å². The molecule has 4 heteroatoms. The van der Waals surface area contributed by atoms with Gasteiger partial charge >= 0.3 is 0 Å². The van der Waals surface area contributed by atoms with Gasteiger partial charge in [0.15, 0.2) is 5.65 Å². The van der Waals surface area contributed by atoms with Crippen molar-refractivity contribution in [3.05, 3.63) is 85.0 Å². The van der Waals surface area contributed by atoms with Crippen LogP contribution in [-0.4, -0.2) is 22.1 Å². The molecule has 0 aliphatic heterocycles. The van der Waals surface area contributed by atoms with Crippen molar-refractivity contribution >= 4 is 23.1 Å². The molecule has 184 valence electrons. The van der Waals surface area contributed by atoms with Crippen LogP contribution in [0.2, 0.25) is 0 Å². The lowest BCUT2D eigenvalue weighted by Gasteiger charge is -2.18. The third-order valence-corrected chi connectivity index (χ3v) is 7.28. The smallest absolute Gasteiger partial charge is 0.160 e. The Balaban J connectivity index is 1.48. The summed E-state index contributed by atoms with van der Waals surface area (Å²) in [6.07, 6.45) is 24.6. The first kappa shape index (κ1) is 25.0. The van der Waals surface area contributed by atoms with E-state index in [2.05, 4.69) is 57.2 Å². The van der Waals surface area contributed by atoms with E-state index in [1.807, 2.05) is 30.7 Å². The zero-order valence-corrected chi connectivity index (χ0v) is 21.1. The molecule has 0 bridgehead atoms. The van der Waals surface area contributed by atoms with E-state index in [1.54, 1.807) is 6.20 Å². The number of fused-ring (bicyclic) bond motifs is 1. The van der Waals surface area contributed by atoms with Gasteiger partial charge in [0.05, 0.1) is 5.69 Å². The number of nitrogens with zero attached hydrogens (tertiary/aromatic N) is 3. The number of imidazole rings is 1. The molecule has 3 aromatic rings. The second kappa shape index (κ2) is 13.1. The fourth-order valence-electron chi connectivity index (χ4n) is 5.27. The van der Waals surface area contributed by atoms with Gasteiger partial charge in [0.25, 0.3) is 0 Å². The van der Waals surface area contributed by atoms with Crippen molar-refractivity contribution in [2.24, 2.45) is 10.9 Å². The maximum absolute atomic E-state index is 4.61. The first-order valence-corrected chi connectivity index (χ1v) is 13.4. The Morgan fingerprint density at radius 2 is 1.77 bits per heavy atom. The van der Waals surface area contributed by atoms with Crippen LogP contribution in [0.3, 0.4) is 0 Å². The molecule has 1 N–H and O–H groups in total. The van der Waals surface area contributed by atoms with Gasteiger partial charge in [0, 0.05) is 48.7 Å². The summed E-state index contributed by atoms with van der Waals surface area (Å²) >= 11 is 0. The summed E-state index contributed by atoms with van der Waals surface area (Å²) in [5.41, 5.74) is 6.18. The molecular formula is C31H40N4. The standard InChI is InChI=1S/C31H40N4/c1-3-32-23-27-16-12-13-17-29(27)25(2)28-22-30(31-34-20-21-35(31)24-28)33-19-18-26-14-10-8-6-4-5-7-9-11-15-26/h3,12-13,16-17,20-24,26,33H,1-2,4-11,14-15,18-19H2. The van der Waals surface area contributed by atoms with Crippen LogP contribution in [0.15, 0.2) is 73.3 Å². The first-order chi connectivity index (χ1) is 17.3. The summed E-state index contributed by atoms with van der Waals surface area (Å²) in [4.78, 5) is 8.84. The Morgan fingerprint density at radius 1 is 1.06 bits per heavy atom. The normalized spacial score (nSPS) is 16.2. The molecule has 1 aliphatic rings. The molecule has 0 saturated heterocycles. The number of benzene rings is 1. The first-order valence-electron chi connectivity index (χ1n) is 13.4. The minimum atomic E-state index is 0.825. The lowest BCUT2D eigenvalue weighted by Crippen LogP contribution is -2.11. The fourth-order valence-corrected chi connectivity index (χ4v) is 5.27. The Hall–Kier alpha value is -3.14. The van der Waals surface area contributed by atoms with E-state index >= 15 is 0 Å². The topological polar surface area (TPSA) is 41.7 Å². The third kappa shape index (κ3) is 6.94. The molecule has 1 fully saturated rings. The molecule has 2 heterocycles. The van der Waals surface area contributed by atoms with Gasteiger partial charge in [0.2, 0.25) is 0 Å². The van der Waals surface area contributed by atoms with Crippen LogP contribution in [0.5, 0.6) is 0 Å². The van der Waals surface area contributed by atoms with E-state index in [4.69, 9.17) is 0 Å². The molecule has 2 aromatic heterocycles. The highest BCUT2D eigenvalue weighted by atomic mass is 15.0. The summed E-state index contributed by atoms with van der Waals surface area (Å²) in [6.45, 7) is 9.12. The summed E-state index contributed by atoms with van der Waals surface area (Å²) in [5.74, 6) is 0.825. The minimum Gasteiger partial charge on any atom is -0.382 e. The number of anilines is 1. The number of aliphatic imine (C=N–C) groups is 1. The molecule has 1 aliphatic carbocycles. The molecule has 0 atom stereocenters. The third-order valence-electron chi connectivity index (χ3n) is 7.28. The molecule has 0 unspecified atom stereocenters. The van der Waals surface area contributed by atoms with Crippen molar-refractivity contribution in [3.8, 4) is 0 Å².